The normalized spacial score (nSPS) is 18.3. The third-order valence-electron chi connectivity index (χ3n) is 17.4. The Labute approximate surface area is 510 Å². The summed E-state index contributed by atoms with van der Waals surface area (Å²) in [5.74, 6) is -6.66. The zero-order chi connectivity index (χ0) is 64.3. The standard InChI is InChI=1S/C36H38F3N5O4.C32H31F3N4O2/c1-18(2)28-29(19(3)13-14-40-28)44-30-22(15-24(38)26(27(30)39)21-11-9-10-12-23(21)37)31-32(34(44)46)41(8)33(45)25-17-42(20(4)16-43(25)31)35(47)48-36(5,6)7;1-16(2)26-27(18(4)12-13-36-26)39-28-20(14-22(34)24(25(28)35)19-8-6-7-9-21(19)33)29-30(32(39)41)37(5)31(40)23-11-10-17(3)15-38(23)29/h9-15,18,20,25H,16-17H2,1-8H3;6-9,12-14,16-17,23H,10-11,15H2,1-5H3/t20-,25-;17-,23+/m10/s1. The van der Waals surface area contributed by atoms with Crippen LogP contribution in [-0.4, -0.2) is 99.4 Å². The van der Waals surface area contributed by atoms with Crippen LogP contribution in [0.15, 0.2) is 94.8 Å². The van der Waals surface area contributed by atoms with Crippen molar-refractivity contribution in [3.05, 3.63) is 163 Å². The summed E-state index contributed by atoms with van der Waals surface area (Å²) in [5.41, 5.74) is -0.921. The molecule has 12 rings (SSSR count). The predicted molar refractivity (Wildman–Crippen MR) is 333 cm³/mol. The van der Waals surface area contributed by atoms with Crippen LogP contribution in [0.1, 0.15) is 110 Å². The molecule has 2 fully saturated rings. The van der Waals surface area contributed by atoms with Crippen LogP contribution in [0.4, 0.5) is 53.9 Å². The van der Waals surface area contributed by atoms with Crippen LogP contribution in [0.2, 0.25) is 0 Å². The van der Waals surface area contributed by atoms with Crippen LogP contribution in [0, 0.1) is 54.7 Å². The van der Waals surface area contributed by atoms with Crippen LogP contribution in [0.3, 0.4) is 0 Å². The van der Waals surface area contributed by atoms with Crippen molar-refractivity contribution in [3.8, 4) is 33.6 Å². The van der Waals surface area contributed by atoms with Gasteiger partial charge in [-0.3, -0.25) is 38.3 Å². The maximum atomic E-state index is 17.2. The number of nitrogens with zero attached hydrogens (tertiary/aromatic N) is 9. The minimum Gasteiger partial charge on any atom is -0.444 e. The van der Waals surface area contributed by atoms with E-state index in [1.165, 1.54) is 75.8 Å². The van der Waals surface area contributed by atoms with Gasteiger partial charge >= 0.3 is 6.09 Å². The molecule has 2 saturated heterocycles. The Morgan fingerprint density at radius 3 is 1.42 bits per heavy atom. The number of pyridine rings is 4. The van der Waals surface area contributed by atoms with Crippen molar-refractivity contribution in [2.45, 2.75) is 125 Å². The average Bonchev–Trinajstić information content (AvgIpc) is 0.724. The van der Waals surface area contributed by atoms with Gasteiger partial charge in [-0.25, -0.2) is 31.1 Å². The number of likely N-dealkylation sites (N-methyl/N-ethyl adjacent to an activating group) is 2. The highest BCUT2D eigenvalue weighted by atomic mass is 19.2. The molecule has 89 heavy (non-hydrogen) atoms. The largest absolute Gasteiger partial charge is 0.444 e. The van der Waals surface area contributed by atoms with E-state index < -0.39 is 92.9 Å². The van der Waals surface area contributed by atoms with E-state index in [-0.39, 0.29) is 86.7 Å². The molecular weight excluding hydrogens is 1150 g/mol. The highest BCUT2D eigenvalue weighted by Gasteiger charge is 2.48. The van der Waals surface area contributed by atoms with Crippen LogP contribution in [0.5, 0.6) is 0 Å². The fraction of sp³-hybridized carbons (Fsp3) is 0.368. The first kappa shape index (κ1) is 61.6. The summed E-state index contributed by atoms with van der Waals surface area (Å²) in [5, 5.41) is 0.158. The van der Waals surface area contributed by atoms with Crippen LogP contribution >= 0.6 is 0 Å². The molecule has 0 radical (unpaired) electrons. The number of rotatable bonds is 6. The van der Waals surface area contributed by atoms with E-state index in [0.29, 0.717) is 52.5 Å². The number of aromatic nitrogens is 4. The van der Waals surface area contributed by atoms with Gasteiger partial charge in [0.05, 0.1) is 62.8 Å². The van der Waals surface area contributed by atoms with E-state index in [0.717, 1.165) is 29.2 Å². The van der Waals surface area contributed by atoms with Gasteiger partial charge in [0, 0.05) is 67.5 Å². The lowest BCUT2D eigenvalue weighted by Crippen LogP contribution is -2.66. The lowest BCUT2D eigenvalue weighted by atomic mass is 9.89. The summed E-state index contributed by atoms with van der Waals surface area (Å²) in [4.78, 5) is 86.7. The number of piperidine rings is 1. The Hall–Kier alpha value is -9.01. The maximum Gasteiger partial charge on any atom is 0.410 e. The van der Waals surface area contributed by atoms with E-state index >= 15 is 22.0 Å². The molecule has 21 heteroatoms. The van der Waals surface area contributed by atoms with Crippen molar-refractivity contribution >= 4 is 62.5 Å². The summed E-state index contributed by atoms with van der Waals surface area (Å²) in [6.07, 6.45) is 3.99. The Kier molecular flexibility index (Phi) is 15.8. The van der Waals surface area contributed by atoms with Crippen molar-refractivity contribution in [3.63, 3.8) is 0 Å². The van der Waals surface area contributed by atoms with E-state index in [4.69, 9.17) is 4.74 Å². The summed E-state index contributed by atoms with van der Waals surface area (Å²) < 4.78 is 104. The van der Waals surface area contributed by atoms with E-state index in [1.54, 1.807) is 71.0 Å². The third kappa shape index (κ3) is 10.1. The number of aryl methyl sites for hydroxylation is 2. The molecule has 4 atom stereocenters. The number of ether oxygens (including phenoxy) is 1. The fourth-order valence-corrected chi connectivity index (χ4v) is 13.2. The molecule has 4 aromatic heterocycles. The van der Waals surface area contributed by atoms with Gasteiger partial charge in [-0.1, -0.05) is 71.0 Å². The van der Waals surface area contributed by atoms with Crippen molar-refractivity contribution in [1.29, 1.82) is 0 Å². The van der Waals surface area contributed by atoms with Crippen LogP contribution in [0.25, 0.3) is 55.4 Å². The number of piperazine rings is 1. The molecule has 8 aromatic rings. The minimum atomic E-state index is -1.13. The highest BCUT2D eigenvalue weighted by molar-refractivity contribution is 6.14. The first-order valence-corrected chi connectivity index (χ1v) is 29.8. The summed E-state index contributed by atoms with van der Waals surface area (Å²) >= 11 is 0. The Bertz CT molecular complexity index is 4410. The van der Waals surface area contributed by atoms with Gasteiger partial charge in [-0.15, -0.1) is 0 Å². The molecule has 0 spiro atoms. The van der Waals surface area contributed by atoms with Crippen molar-refractivity contribution < 1.29 is 45.5 Å². The van der Waals surface area contributed by atoms with Gasteiger partial charge in [-0.2, -0.15) is 0 Å². The number of amides is 3. The van der Waals surface area contributed by atoms with E-state index in [9.17, 15) is 28.4 Å². The lowest BCUT2D eigenvalue weighted by Gasteiger charge is -2.50. The number of hydrogen-bond acceptors (Lipinski definition) is 10. The molecule has 0 saturated carbocycles. The van der Waals surface area contributed by atoms with Crippen molar-refractivity contribution in [2.75, 3.05) is 53.3 Å². The molecule has 4 aromatic carbocycles. The Morgan fingerprint density at radius 2 is 0.989 bits per heavy atom. The second-order valence-electron chi connectivity index (χ2n) is 25.4. The Morgan fingerprint density at radius 1 is 0.562 bits per heavy atom. The summed E-state index contributed by atoms with van der Waals surface area (Å²) in [7, 11) is 2.97. The molecule has 0 bridgehead atoms. The van der Waals surface area contributed by atoms with Gasteiger partial charge in [0.25, 0.3) is 17.0 Å². The van der Waals surface area contributed by atoms with Crippen molar-refractivity contribution in [2.24, 2.45) is 5.92 Å². The molecule has 0 unspecified atom stereocenters. The topological polar surface area (TPSA) is 146 Å². The first-order chi connectivity index (χ1) is 42.1. The average molecular weight is 1220 g/mol. The fourth-order valence-electron chi connectivity index (χ4n) is 13.2. The van der Waals surface area contributed by atoms with Gasteiger partial charge in [0.2, 0.25) is 5.91 Å². The van der Waals surface area contributed by atoms with Gasteiger partial charge in [0.1, 0.15) is 52.3 Å². The molecule has 8 heterocycles. The molecule has 4 aliphatic rings. The number of hydrogen-bond donors (Lipinski definition) is 0. The second-order valence-corrected chi connectivity index (χ2v) is 25.4. The number of carbonyl (C=O) groups is 3. The molecule has 0 N–H and O–H groups in total. The van der Waals surface area contributed by atoms with E-state index in [1.807, 2.05) is 39.5 Å². The minimum absolute atomic E-state index is 0.0138. The van der Waals surface area contributed by atoms with Crippen molar-refractivity contribution in [1.82, 2.24) is 24.0 Å². The quantitative estimate of drug-likeness (QED) is 0.147. The Balaban J connectivity index is 0.000000186. The number of fused-ring (bicyclic) bond motifs is 10. The van der Waals surface area contributed by atoms with Gasteiger partial charge in [-0.05, 0) is 120 Å². The lowest BCUT2D eigenvalue weighted by molar-refractivity contribution is -0.121. The molecule has 15 nitrogen and oxygen atoms in total. The molecule has 3 amide bonds. The van der Waals surface area contributed by atoms with E-state index in [2.05, 4.69) is 9.97 Å². The predicted octanol–water partition coefficient (Wildman–Crippen LogP) is 13.2. The number of halogens is 6. The smallest absolute Gasteiger partial charge is 0.410 e. The first-order valence-electron chi connectivity index (χ1n) is 29.8. The SMILES string of the molecule is Cc1ccnc(C(C)C)c1-n1c(=O)c2c(c3cc(F)c(-c4ccccc4F)c(F)c31)N1C[C@@H](C)CC[C@@H]1C(=O)N2C.Cc1ccnc(C(C)C)c1-n1c(=O)c2c(c3cc(F)c(-c4ccccc4F)c(F)c31)N1C[C@@H](C)N(C(=O)OC(C)(C)C)C[C@@H]1C(=O)N2C. The van der Waals surface area contributed by atoms with Gasteiger partial charge in [0.15, 0.2) is 11.6 Å². The molecule has 464 valence electrons. The number of carbonyl (C=O) groups excluding carboxylic acids is 3. The van der Waals surface area contributed by atoms with Crippen LogP contribution in [-0.2, 0) is 14.3 Å². The monoisotopic (exact) mass is 1220 g/mol. The molecule has 0 aliphatic carbocycles. The zero-order valence-corrected chi connectivity index (χ0v) is 51.8. The number of anilines is 4. The van der Waals surface area contributed by atoms with Crippen LogP contribution < -0.4 is 30.7 Å². The highest BCUT2D eigenvalue weighted by Crippen LogP contribution is 2.48. The summed E-state index contributed by atoms with van der Waals surface area (Å²) in [6, 6.07) is 14.3. The third-order valence-corrected chi connectivity index (χ3v) is 17.4. The molecular formula is C68H69F6N9O6. The number of benzene rings is 4. The second kappa shape index (κ2) is 22.9. The summed E-state index contributed by atoms with van der Waals surface area (Å²) in [6.45, 7) is 20.6. The zero-order valence-electron chi connectivity index (χ0n) is 51.8. The van der Waals surface area contributed by atoms with Gasteiger partial charge < -0.3 is 29.2 Å². The molecule has 4 aliphatic heterocycles. The maximum absolute atomic E-state index is 17.2.